The van der Waals surface area contributed by atoms with E-state index < -0.39 is 23.6 Å². The van der Waals surface area contributed by atoms with Crippen LogP contribution in [0.1, 0.15) is 189 Å². The molecule has 4 aromatic heterocycles. The summed E-state index contributed by atoms with van der Waals surface area (Å²) < 4.78 is 25.2. The molecule has 20 heteroatoms. The summed E-state index contributed by atoms with van der Waals surface area (Å²) in [5.41, 5.74) is 29.3. The van der Waals surface area contributed by atoms with Crippen molar-refractivity contribution in [3.63, 3.8) is 0 Å². The predicted octanol–water partition coefficient (Wildman–Crippen LogP) is 20.3. The lowest BCUT2D eigenvalue weighted by Crippen LogP contribution is -2.13. The predicted molar refractivity (Wildman–Crippen MR) is 413 cm³/mol. The molecular weight excluding hydrogens is 1350 g/mol. The molecule has 16 rings (SSSR count). The summed E-state index contributed by atoms with van der Waals surface area (Å²) in [7, 11) is 0. The second-order valence-electron chi connectivity index (χ2n) is 26.6. The van der Waals surface area contributed by atoms with E-state index in [2.05, 4.69) is 10.1 Å². The first-order valence-electron chi connectivity index (χ1n) is 36.1. The van der Waals surface area contributed by atoms with Gasteiger partial charge in [-0.2, -0.15) is 5.10 Å². The van der Waals surface area contributed by atoms with Crippen LogP contribution in [0, 0.1) is 0 Å². The van der Waals surface area contributed by atoms with Gasteiger partial charge in [0.05, 0.1) is 33.0 Å². The first kappa shape index (κ1) is 71.9. The van der Waals surface area contributed by atoms with Gasteiger partial charge in [0.1, 0.15) is 78.7 Å². The second kappa shape index (κ2) is 34.7. The van der Waals surface area contributed by atoms with Gasteiger partial charge < -0.3 is 46.9 Å². The Morgan fingerprint density at radius 1 is 0.343 bits per heavy atom. The first-order chi connectivity index (χ1) is 51.3. The molecule has 0 spiro atoms. The summed E-state index contributed by atoms with van der Waals surface area (Å²) in [4.78, 5) is 66.1. The number of nitrogens with one attached hydrogen (secondary N) is 1. The van der Waals surface area contributed by atoms with Gasteiger partial charge in [-0.05, 0) is 197 Å². The van der Waals surface area contributed by atoms with Crippen molar-refractivity contribution < 1.29 is 38.1 Å². The maximum atomic E-state index is 12.0. The van der Waals surface area contributed by atoms with Crippen LogP contribution in [0.2, 0.25) is 0 Å². The van der Waals surface area contributed by atoms with Crippen LogP contribution >= 0.6 is 22.7 Å². The van der Waals surface area contributed by atoms with Gasteiger partial charge in [0.25, 0.3) is 23.6 Å². The van der Waals surface area contributed by atoms with Gasteiger partial charge in [-0.15, -0.1) is 22.7 Å². The average molecular weight is 1440 g/mol. The minimum absolute atomic E-state index is 0.363. The molecule has 0 aliphatic heterocycles. The third-order valence-electron chi connectivity index (χ3n) is 19.2. The molecule has 9 N–H and O–H groups in total. The number of para-hydroxylation sites is 4. The van der Waals surface area contributed by atoms with E-state index in [1.807, 2.05) is 223 Å². The van der Waals surface area contributed by atoms with Crippen molar-refractivity contribution in [3.8, 4) is 91.0 Å². The first-order valence-corrected chi connectivity index (χ1v) is 37.7. The highest BCUT2D eigenvalue weighted by Crippen LogP contribution is 2.43. The maximum absolute atomic E-state index is 12.0. The lowest BCUT2D eigenvalue weighted by molar-refractivity contribution is 0.0989. The van der Waals surface area contributed by atoms with Crippen LogP contribution in [0.15, 0.2) is 225 Å². The van der Waals surface area contributed by atoms with Crippen LogP contribution in [0.5, 0.6) is 46.0 Å². The van der Waals surface area contributed by atoms with E-state index in [0.717, 1.165) is 135 Å². The molecule has 4 fully saturated rings. The molecule has 18 nitrogen and oxygen atoms in total. The van der Waals surface area contributed by atoms with Crippen LogP contribution in [0.4, 0.5) is 0 Å². The van der Waals surface area contributed by atoms with Crippen molar-refractivity contribution >= 4 is 46.3 Å². The SMILES string of the molecule is NC(=O)c1[nH]c(C2CCCC2)nc1-c1ccc(Oc2ccccc2)cc1.NC(=O)c1cn(C2CCCC2)nc1-c1ccc(Oc2ccccc2)cc1.NC(=O)c1sc(C2CCCC2)nc1-c1ccc(Oc2ccccc2)cc1.NC(=O)c1sc(C2CCCCC2)nc1-c1ccc(Oc2ccccc2)cc1. The number of imidazole rings is 1. The van der Waals surface area contributed by atoms with Gasteiger partial charge in [0.2, 0.25) is 0 Å². The standard InChI is InChI=1S/C22H22N2O2S.2C21H21N3O2.C21H20N2O2S/c23-21(25)20-19(24-22(27-20)16-7-3-1-4-8-16)15-11-13-18(14-12-15)26-17-9-5-2-6-10-17;22-21(25)19-14-24(16-6-4-5-7-16)23-20(19)15-10-12-18(13-11-15)26-17-8-2-1-3-9-17;22-20(25)19-18(23-21(24-19)15-6-4-5-7-15)14-10-12-17(13-11-14)26-16-8-2-1-3-9-16;22-20(24)19-18(23-21(26-19)15-6-4-5-7-15)14-10-12-17(13-11-14)25-16-8-2-1-3-9-16/h2,5-6,9-14,16H,1,3-4,7-8H2,(H2,23,25);1-3,8-14,16H,4-7H2,(H2,22,25);1-3,8-13,15H,4-7H2,(H2,22,25)(H,23,24);1-3,8-13,15H,4-7H2,(H2,22,24). The number of benzene rings is 8. The number of nitrogens with zero attached hydrogens (tertiary/aromatic N) is 5. The van der Waals surface area contributed by atoms with Gasteiger partial charge in [0.15, 0.2) is 0 Å². The number of aromatic nitrogens is 6. The van der Waals surface area contributed by atoms with Crippen molar-refractivity contribution in [1.82, 2.24) is 29.7 Å². The fraction of sp³-hybridized carbons (Fsp3) is 0.247. The molecule has 0 bridgehead atoms. The van der Waals surface area contributed by atoms with Crippen molar-refractivity contribution in [2.24, 2.45) is 22.9 Å². The van der Waals surface area contributed by atoms with Gasteiger partial charge in [-0.3, -0.25) is 23.9 Å². The summed E-state index contributed by atoms with van der Waals surface area (Å²) in [5, 5.41) is 6.75. The Hall–Kier alpha value is -11.5. The van der Waals surface area contributed by atoms with E-state index in [-0.39, 0.29) is 0 Å². The highest BCUT2D eigenvalue weighted by atomic mass is 32.1. The minimum Gasteiger partial charge on any atom is -0.457 e. The number of hydrogen-bond donors (Lipinski definition) is 5. The minimum atomic E-state index is -0.485. The summed E-state index contributed by atoms with van der Waals surface area (Å²) in [6, 6.07) is 69.3. The van der Waals surface area contributed by atoms with E-state index in [1.54, 1.807) is 6.20 Å². The van der Waals surface area contributed by atoms with Gasteiger partial charge in [-0.1, -0.05) is 131 Å². The number of H-pyrrole nitrogens is 1. The quantitative estimate of drug-likeness (QED) is 0.0476. The average Bonchev–Trinajstić information content (AvgIpc) is 1.68. The molecule has 0 unspecified atom stereocenters. The molecule has 4 amide bonds. The van der Waals surface area contributed by atoms with Gasteiger partial charge in [-0.25, -0.2) is 15.0 Å². The van der Waals surface area contributed by atoms with E-state index >= 15 is 0 Å². The molecule has 105 heavy (non-hydrogen) atoms. The molecule has 12 aromatic rings. The lowest BCUT2D eigenvalue weighted by Gasteiger charge is -2.18. The molecule has 0 saturated heterocycles. The Labute approximate surface area is 618 Å². The van der Waals surface area contributed by atoms with E-state index in [0.29, 0.717) is 67.6 Å². The zero-order valence-electron chi connectivity index (χ0n) is 58.3. The zero-order chi connectivity index (χ0) is 72.4. The summed E-state index contributed by atoms with van der Waals surface area (Å²) in [6.45, 7) is 0. The number of amides is 4. The molecule has 0 radical (unpaired) electrons. The third kappa shape index (κ3) is 18.7. The Morgan fingerprint density at radius 3 is 1.00 bits per heavy atom. The highest BCUT2D eigenvalue weighted by molar-refractivity contribution is 7.14. The zero-order valence-corrected chi connectivity index (χ0v) is 60.0. The van der Waals surface area contributed by atoms with Crippen LogP contribution in [-0.4, -0.2) is 53.3 Å². The molecule has 4 aliphatic carbocycles. The Morgan fingerprint density at radius 2 is 0.657 bits per heavy atom. The van der Waals surface area contributed by atoms with Crippen LogP contribution < -0.4 is 41.9 Å². The number of carbonyl (C=O) groups is 4. The van der Waals surface area contributed by atoms with Crippen LogP contribution in [-0.2, 0) is 0 Å². The number of carbonyl (C=O) groups excluding carboxylic acids is 4. The van der Waals surface area contributed by atoms with E-state index in [9.17, 15) is 19.2 Å². The van der Waals surface area contributed by atoms with Crippen molar-refractivity contribution in [2.45, 2.75) is 133 Å². The van der Waals surface area contributed by atoms with Crippen molar-refractivity contribution in [3.05, 3.63) is 261 Å². The second-order valence-corrected chi connectivity index (χ2v) is 28.7. The molecule has 4 heterocycles. The van der Waals surface area contributed by atoms with E-state index in [1.165, 1.54) is 80.5 Å². The number of aromatic amines is 1. The topological polar surface area (TPSA) is 282 Å². The smallest absolute Gasteiger partial charge is 0.267 e. The number of thiazole rings is 2. The molecule has 0 atom stereocenters. The fourth-order valence-electron chi connectivity index (χ4n) is 13.8. The molecule has 4 saturated carbocycles. The lowest BCUT2D eigenvalue weighted by atomic mass is 9.90. The number of nitrogens with two attached hydrogens (primary N) is 4. The normalized spacial score (nSPS) is 14.6. The Balaban J connectivity index is 0.000000124. The van der Waals surface area contributed by atoms with Gasteiger partial charge in [0, 0.05) is 46.2 Å². The number of hydrogen-bond acceptors (Lipinski definition) is 14. The fourth-order valence-corrected chi connectivity index (χ4v) is 16.0. The molecule has 8 aromatic carbocycles. The Kier molecular flexibility index (Phi) is 23.7. The highest BCUT2D eigenvalue weighted by Gasteiger charge is 2.29. The van der Waals surface area contributed by atoms with Crippen LogP contribution in [0.25, 0.3) is 45.0 Å². The van der Waals surface area contributed by atoms with Crippen LogP contribution in [0.3, 0.4) is 0 Å². The molecular formula is C85H84N10O8S2. The number of ether oxygens (including phenoxy) is 4. The summed E-state index contributed by atoms with van der Waals surface area (Å²) in [5.74, 6) is 6.51. The monoisotopic (exact) mass is 1440 g/mol. The maximum Gasteiger partial charge on any atom is 0.267 e. The third-order valence-corrected chi connectivity index (χ3v) is 21.7. The largest absolute Gasteiger partial charge is 0.457 e. The Bertz CT molecular complexity index is 4470. The molecule has 534 valence electrons. The number of primary amides is 4. The van der Waals surface area contributed by atoms with Crippen molar-refractivity contribution in [1.29, 1.82) is 0 Å². The van der Waals surface area contributed by atoms with Crippen molar-refractivity contribution in [2.75, 3.05) is 0 Å². The summed E-state index contributed by atoms with van der Waals surface area (Å²) >= 11 is 2.91. The molecule has 4 aliphatic rings. The van der Waals surface area contributed by atoms with Gasteiger partial charge >= 0.3 is 0 Å². The van der Waals surface area contributed by atoms with E-state index in [4.69, 9.17) is 56.8 Å². The number of rotatable bonds is 20. The summed E-state index contributed by atoms with van der Waals surface area (Å²) in [6.07, 6.45) is 21.8.